The van der Waals surface area contributed by atoms with Crippen LogP contribution in [0.15, 0.2) is 24.3 Å². The Balaban J connectivity index is 1.75. The Morgan fingerprint density at radius 1 is 1.44 bits per heavy atom. The number of thiazole rings is 1. The lowest BCUT2D eigenvalue weighted by Gasteiger charge is -2.24. The van der Waals surface area contributed by atoms with Gasteiger partial charge in [-0.15, -0.1) is 11.3 Å². The quantitative estimate of drug-likeness (QED) is 0.786. The molecule has 4 rings (SSSR count). The van der Waals surface area contributed by atoms with Crippen molar-refractivity contribution in [2.24, 2.45) is 17.6 Å². The third-order valence-corrected chi connectivity index (χ3v) is 6.11. The second kappa shape index (κ2) is 6.80. The molecule has 2 aliphatic rings. The van der Waals surface area contributed by atoms with Gasteiger partial charge in [0.25, 0.3) is 5.91 Å². The highest BCUT2D eigenvalue weighted by molar-refractivity contribution is 7.16. The molecule has 0 radical (unpaired) electrons. The van der Waals surface area contributed by atoms with Crippen molar-refractivity contribution >= 4 is 23.2 Å². The highest BCUT2D eigenvalue weighted by Crippen LogP contribution is 2.50. The summed E-state index contributed by atoms with van der Waals surface area (Å²) in [6.45, 7) is 2.25. The van der Waals surface area contributed by atoms with Crippen molar-refractivity contribution in [3.63, 3.8) is 0 Å². The van der Waals surface area contributed by atoms with Gasteiger partial charge in [-0.1, -0.05) is 35.7 Å². The smallest absolute Gasteiger partial charge is 0.274 e. The molecule has 2 heterocycles. The van der Waals surface area contributed by atoms with Crippen molar-refractivity contribution in [2.45, 2.75) is 19.4 Å². The van der Waals surface area contributed by atoms with Gasteiger partial charge in [-0.25, -0.2) is 4.98 Å². The van der Waals surface area contributed by atoms with Crippen molar-refractivity contribution in [2.75, 3.05) is 13.2 Å². The van der Waals surface area contributed by atoms with E-state index in [0.29, 0.717) is 23.2 Å². The number of piperidine rings is 1. The fraction of sp³-hybridized carbons (Fsp3) is 0.350. The number of benzene rings is 1. The molecule has 0 bridgehead atoms. The van der Waals surface area contributed by atoms with Crippen LogP contribution in [-0.2, 0) is 4.79 Å². The minimum absolute atomic E-state index is 0.182. The average Bonchev–Trinajstić information content (AvgIpc) is 3.11. The molecule has 3 atom stereocenters. The molecule has 7 heteroatoms. The molecule has 3 N–H and O–H groups in total. The summed E-state index contributed by atoms with van der Waals surface area (Å²) in [5.74, 6) is 5.16. The van der Waals surface area contributed by atoms with Gasteiger partial charge >= 0.3 is 0 Å². The molecule has 2 amide bonds. The lowest BCUT2D eigenvalue weighted by molar-refractivity contribution is -0.122. The molecule has 1 saturated heterocycles. The number of likely N-dealkylation sites (tertiary alicyclic amines) is 1. The van der Waals surface area contributed by atoms with Crippen molar-refractivity contribution in [3.8, 4) is 22.3 Å². The molecular formula is C20H19N3O3S. The van der Waals surface area contributed by atoms with Gasteiger partial charge < -0.3 is 15.7 Å². The molecule has 6 nitrogen and oxygen atoms in total. The first-order valence-corrected chi connectivity index (χ1v) is 9.59. The van der Waals surface area contributed by atoms with Gasteiger partial charge in [0.2, 0.25) is 5.91 Å². The number of fused-ring (bicyclic) bond motifs is 1. The van der Waals surface area contributed by atoms with E-state index in [9.17, 15) is 9.59 Å². The van der Waals surface area contributed by atoms with Gasteiger partial charge in [0.1, 0.15) is 18.3 Å². The van der Waals surface area contributed by atoms with Crippen LogP contribution >= 0.6 is 11.3 Å². The minimum Gasteiger partial charge on any atom is -0.384 e. The zero-order chi connectivity index (χ0) is 19.1. The van der Waals surface area contributed by atoms with Crippen LogP contribution in [-0.4, -0.2) is 46.0 Å². The van der Waals surface area contributed by atoms with Crippen molar-refractivity contribution in [1.29, 1.82) is 0 Å². The van der Waals surface area contributed by atoms with Crippen molar-refractivity contribution < 1.29 is 14.7 Å². The molecular weight excluding hydrogens is 362 g/mol. The third-order valence-electron chi connectivity index (χ3n) is 5.09. The first-order valence-electron chi connectivity index (χ1n) is 8.77. The Labute approximate surface area is 161 Å². The summed E-state index contributed by atoms with van der Waals surface area (Å²) in [7, 11) is 0. The second-order valence-corrected chi connectivity index (χ2v) is 7.99. The predicted octanol–water partition coefficient (Wildman–Crippen LogP) is 1.41. The first kappa shape index (κ1) is 17.7. The summed E-state index contributed by atoms with van der Waals surface area (Å²) in [4.78, 5) is 31.9. The Morgan fingerprint density at radius 3 is 2.96 bits per heavy atom. The van der Waals surface area contributed by atoms with E-state index in [1.165, 1.54) is 11.3 Å². The van der Waals surface area contributed by atoms with Crippen LogP contribution in [0.3, 0.4) is 0 Å². The van der Waals surface area contributed by atoms with E-state index in [-0.39, 0.29) is 18.4 Å². The number of rotatable bonds is 3. The first-order chi connectivity index (χ1) is 13.0. The zero-order valence-electron chi connectivity index (χ0n) is 14.8. The van der Waals surface area contributed by atoms with Crippen molar-refractivity contribution in [1.82, 2.24) is 9.88 Å². The molecule has 1 saturated carbocycles. The summed E-state index contributed by atoms with van der Waals surface area (Å²) in [6.07, 6.45) is 0.951. The number of hydrogen-bond donors (Lipinski definition) is 2. The highest BCUT2D eigenvalue weighted by atomic mass is 32.1. The summed E-state index contributed by atoms with van der Waals surface area (Å²) in [5, 5.41) is 9.41. The number of aryl methyl sites for hydroxylation is 1. The number of nitrogens with two attached hydrogens (primary N) is 1. The number of carbonyl (C=O) groups is 2. The number of aliphatic hydroxyl groups is 1. The van der Waals surface area contributed by atoms with Crippen LogP contribution in [0, 0.1) is 30.6 Å². The number of primary amides is 1. The Hall–Kier alpha value is -2.69. The fourth-order valence-electron chi connectivity index (χ4n) is 3.79. The monoisotopic (exact) mass is 381 g/mol. The topological polar surface area (TPSA) is 96.5 Å². The van der Waals surface area contributed by atoms with E-state index in [0.717, 1.165) is 22.4 Å². The van der Waals surface area contributed by atoms with E-state index >= 15 is 0 Å². The van der Waals surface area contributed by atoms with Crippen molar-refractivity contribution in [3.05, 3.63) is 40.5 Å². The highest BCUT2D eigenvalue weighted by Gasteiger charge is 2.56. The van der Waals surface area contributed by atoms with Gasteiger partial charge in [-0.3, -0.25) is 9.59 Å². The number of hydrogen-bond acceptors (Lipinski definition) is 5. The molecule has 2 fully saturated rings. The van der Waals surface area contributed by atoms with Crippen LogP contribution in [0.5, 0.6) is 0 Å². The van der Waals surface area contributed by atoms with Gasteiger partial charge in [-0.05, 0) is 36.7 Å². The largest absolute Gasteiger partial charge is 0.384 e. The number of aliphatic hydroxyl groups excluding tert-OH is 1. The van der Waals surface area contributed by atoms with E-state index in [2.05, 4.69) is 16.8 Å². The molecule has 1 aliphatic heterocycles. The molecule has 0 spiro atoms. The van der Waals surface area contributed by atoms with Crippen LogP contribution in [0.1, 0.15) is 27.5 Å². The van der Waals surface area contributed by atoms with Crippen LogP contribution in [0.2, 0.25) is 0 Å². The summed E-state index contributed by atoms with van der Waals surface area (Å²) in [5.41, 5.74) is 7.80. The number of nitrogens with zero attached hydrogens (tertiary/aromatic N) is 2. The molecule has 1 aliphatic carbocycles. The maximum atomic E-state index is 13.3. The van der Waals surface area contributed by atoms with Crippen LogP contribution in [0.25, 0.3) is 10.4 Å². The number of carbonyl (C=O) groups excluding carboxylic acids is 2. The van der Waals surface area contributed by atoms with Crippen LogP contribution in [0.4, 0.5) is 0 Å². The predicted molar refractivity (Wildman–Crippen MR) is 102 cm³/mol. The maximum absolute atomic E-state index is 13.3. The van der Waals surface area contributed by atoms with E-state index in [1.54, 1.807) is 4.90 Å². The molecule has 2 aromatic rings. The van der Waals surface area contributed by atoms with Gasteiger partial charge in [-0.2, -0.15) is 0 Å². The van der Waals surface area contributed by atoms with E-state index in [4.69, 9.17) is 10.8 Å². The molecule has 138 valence electrons. The molecule has 1 aromatic carbocycles. The van der Waals surface area contributed by atoms with Gasteiger partial charge in [0.05, 0.1) is 4.88 Å². The molecule has 0 unspecified atom stereocenters. The Bertz CT molecular complexity index is 988. The second-order valence-electron chi connectivity index (χ2n) is 6.99. The van der Waals surface area contributed by atoms with E-state index < -0.39 is 11.9 Å². The SMILES string of the molecule is Cc1cccc(-c2sc(C#CCO)nc2C(=O)N2C[C@H]3C[C@H]3[C@H]2C(N)=O)c1. The Morgan fingerprint density at radius 2 is 2.26 bits per heavy atom. The maximum Gasteiger partial charge on any atom is 0.274 e. The zero-order valence-corrected chi connectivity index (χ0v) is 15.6. The molecule has 1 aromatic heterocycles. The van der Waals surface area contributed by atoms with Gasteiger partial charge in [0, 0.05) is 6.54 Å². The summed E-state index contributed by atoms with van der Waals surface area (Å²) < 4.78 is 0. The number of aromatic nitrogens is 1. The normalized spacial score (nSPS) is 22.7. The van der Waals surface area contributed by atoms with E-state index in [1.807, 2.05) is 31.2 Å². The summed E-state index contributed by atoms with van der Waals surface area (Å²) in [6, 6.07) is 7.26. The summed E-state index contributed by atoms with van der Waals surface area (Å²) >= 11 is 1.31. The molecule has 27 heavy (non-hydrogen) atoms. The standard InChI is InChI=1S/C20H19N3O3S/c1-11-4-2-5-12(8-11)18-16(22-15(27-18)6-3-7-24)20(26)23-10-13-9-14(13)17(23)19(21)25/h2,4-5,8,13-14,17,24H,7,9-10H2,1H3,(H2,21,25)/t13-,14-,17+/m1/s1. The van der Waals surface area contributed by atoms with Gasteiger partial charge in [0.15, 0.2) is 5.01 Å². The lowest BCUT2D eigenvalue weighted by Crippen LogP contribution is -2.46. The number of amides is 2. The minimum atomic E-state index is -0.554. The third kappa shape index (κ3) is 3.22. The fourth-order valence-corrected chi connectivity index (χ4v) is 4.72. The average molecular weight is 381 g/mol. The Kier molecular flexibility index (Phi) is 4.46. The lowest BCUT2D eigenvalue weighted by atomic mass is 10.1. The van der Waals surface area contributed by atoms with Crippen LogP contribution < -0.4 is 5.73 Å².